The van der Waals surface area contributed by atoms with Gasteiger partial charge in [0.15, 0.2) is 0 Å². The molecule has 0 radical (unpaired) electrons. The minimum Gasteiger partial charge on any atom is -0.467 e. The second-order valence-electron chi connectivity index (χ2n) is 4.67. The lowest BCUT2D eigenvalue weighted by Gasteiger charge is -2.30. The number of ether oxygens (including phenoxy) is 1. The standard InChI is InChI=1S/C12H21N5O/c1-4-13-10-14-11(16-12(15-10)18-3)17-7-5-6-9(2)8-17/h9H,4-8H2,1-3H3,(H,13,14,15,16). The van der Waals surface area contributed by atoms with Gasteiger partial charge in [0.1, 0.15) is 0 Å². The average Bonchev–Trinajstić information content (AvgIpc) is 2.39. The van der Waals surface area contributed by atoms with E-state index in [0.717, 1.165) is 19.6 Å². The van der Waals surface area contributed by atoms with Crippen molar-refractivity contribution in [3.63, 3.8) is 0 Å². The fourth-order valence-corrected chi connectivity index (χ4v) is 2.19. The number of nitrogens with zero attached hydrogens (tertiary/aromatic N) is 4. The third-order valence-electron chi connectivity index (χ3n) is 3.06. The Morgan fingerprint density at radius 1 is 1.39 bits per heavy atom. The molecule has 1 saturated heterocycles. The summed E-state index contributed by atoms with van der Waals surface area (Å²) in [6, 6.07) is 0.370. The van der Waals surface area contributed by atoms with Crippen LogP contribution in [0.1, 0.15) is 26.7 Å². The quantitative estimate of drug-likeness (QED) is 0.876. The lowest BCUT2D eigenvalue weighted by molar-refractivity contribution is 0.376. The zero-order valence-electron chi connectivity index (χ0n) is 11.3. The molecule has 0 aliphatic carbocycles. The summed E-state index contributed by atoms with van der Waals surface area (Å²) in [6.07, 6.45) is 2.46. The van der Waals surface area contributed by atoms with Crippen molar-refractivity contribution in [3.8, 4) is 6.01 Å². The first kappa shape index (κ1) is 12.9. The van der Waals surface area contributed by atoms with E-state index in [2.05, 4.69) is 32.1 Å². The molecule has 1 aromatic heterocycles. The molecular formula is C12H21N5O. The van der Waals surface area contributed by atoms with Crippen LogP contribution in [0.25, 0.3) is 0 Å². The van der Waals surface area contributed by atoms with Crippen LogP contribution in [0, 0.1) is 5.92 Å². The molecule has 0 amide bonds. The highest BCUT2D eigenvalue weighted by Crippen LogP contribution is 2.21. The van der Waals surface area contributed by atoms with E-state index in [0.29, 0.717) is 23.8 Å². The van der Waals surface area contributed by atoms with Crippen LogP contribution in [0.3, 0.4) is 0 Å². The molecule has 2 rings (SSSR count). The van der Waals surface area contributed by atoms with Crippen LogP contribution in [0.5, 0.6) is 6.01 Å². The first-order valence-electron chi connectivity index (χ1n) is 6.51. The van der Waals surface area contributed by atoms with Gasteiger partial charge in [-0.2, -0.15) is 15.0 Å². The summed E-state index contributed by atoms with van der Waals surface area (Å²) in [5, 5.41) is 3.10. The van der Waals surface area contributed by atoms with E-state index in [1.807, 2.05) is 6.92 Å². The van der Waals surface area contributed by atoms with Crippen molar-refractivity contribution in [2.75, 3.05) is 37.0 Å². The highest BCUT2D eigenvalue weighted by molar-refractivity contribution is 5.38. The maximum absolute atomic E-state index is 5.13. The van der Waals surface area contributed by atoms with Crippen molar-refractivity contribution in [2.45, 2.75) is 26.7 Å². The van der Waals surface area contributed by atoms with Crippen LogP contribution in [-0.4, -0.2) is 41.7 Å². The van der Waals surface area contributed by atoms with Gasteiger partial charge >= 0.3 is 6.01 Å². The van der Waals surface area contributed by atoms with Crippen molar-refractivity contribution in [2.24, 2.45) is 5.92 Å². The Labute approximate surface area is 108 Å². The van der Waals surface area contributed by atoms with E-state index in [1.165, 1.54) is 12.8 Å². The fourth-order valence-electron chi connectivity index (χ4n) is 2.19. The summed E-state index contributed by atoms with van der Waals surface area (Å²) >= 11 is 0. The van der Waals surface area contributed by atoms with E-state index in [4.69, 9.17) is 4.74 Å². The van der Waals surface area contributed by atoms with Gasteiger partial charge in [-0.15, -0.1) is 0 Å². The van der Waals surface area contributed by atoms with Crippen molar-refractivity contribution < 1.29 is 4.74 Å². The molecule has 6 nitrogen and oxygen atoms in total. The van der Waals surface area contributed by atoms with Gasteiger partial charge in [-0.05, 0) is 25.7 Å². The number of nitrogens with one attached hydrogen (secondary N) is 1. The van der Waals surface area contributed by atoms with E-state index in [1.54, 1.807) is 7.11 Å². The molecule has 1 atom stereocenters. The van der Waals surface area contributed by atoms with Gasteiger partial charge in [0.25, 0.3) is 0 Å². The summed E-state index contributed by atoms with van der Waals surface area (Å²) in [4.78, 5) is 15.2. The molecule has 1 aliphatic heterocycles. The minimum absolute atomic E-state index is 0.370. The lowest BCUT2D eigenvalue weighted by atomic mass is 10.0. The topological polar surface area (TPSA) is 63.2 Å². The van der Waals surface area contributed by atoms with Crippen LogP contribution in [0.15, 0.2) is 0 Å². The number of hydrogen-bond acceptors (Lipinski definition) is 6. The molecule has 1 fully saturated rings. The molecule has 0 spiro atoms. The minimum atomic E-state index is 0.370. The number of piperidine rings is 1. The van der Waals surface area contributed by atoms with E-state index in [-0.39, 0.29) is 0 Å². The van der Waals surface area contributed by atoms with E-state index < -0.39 is 0 Å². The molecule has 2 heterocycles. The number of hydrogen-bond donors (Lipinski definition) is 1. The highest BCUT2D eigenvalue weighted by atomic mass is 16.5. The molecule has 18 heavy (non-hydrogen) atoms. The Balaban J connectivity index is 2.22. The number of rotatable bonds is 4. The molecule has 1 aromatic rings. The Bertz CT molecular complexity index is 398. The van der Waals surface area contributed by atoms with Gasteiger partial charge in [-0.3, -0.25) is 0 Å². The second-order valence-corrected chi connectivity index (χ2v) is 4.67. The first-order valence-corrected chi connectivity index (χ1v) is 6.51. The van der Waals surface area contributed by atoms with Crippen molar-refractivity contribution in [1.29, 1.82) is 0 Å². The lowest BCUT2D eigenvalue weighted by Crippen LogP contribution is -2.35. The van der Waals surface area contributed by atoms with Crippen LogP contribution >= 0.6 is 0 Å². The van der Waals surface area contributed by atoms with Crippen LogP contribution in [0.4, 0.5) is 11.9 Å². The van der Waals surface area contributed by atoms with Crippen molar-refractivity contribution in [1.82, 2.24) is 15.0 Å². The third-order valence-corrected chi connectivity index (χ3v) is 3.06. The molecule has 100 valence electrons. The van der Waals surface area contributed by atoms with Gasteiger partial charge in [0, 0.05) is 19.6 Å². The SMILES string of the molecule is CCNc1nc(OC)nc(N2CCCC(C)C2)n1. The maximum atomic E-state index is 5.13. The predicted molar refractivity (Wildman–Crippen MR) is 71.2 cm³/mol. The molecule has 1 unspecified atom stereocenters. The number of anilines is 2. The summed E-state index contributed by atoms with van der Waals surface area (Å²) in [7, 11) is 1.58. The number of aromatic nitrogens is 3. The Morgan fingerprint density at radius 3 is 2.89 bits per heavy atom. The average molecular weight is 251 g/mol. The van der Waals surface area contributed by atoms with Gasteiger partial charge in [-0.25, -0.2) is 0 Å². The molecule has 6 heteroatoms. The summed E-state index contributed by atoms with van der Waals surface area (Å²) < 4.78 is 5.13. The summed E-state index contributed by atoms with van der Waals surface area (Å²) in [6.45, 7) is 7.06. The molecule has 0 bridgehead atoms. The van der Waals surface area contributed by atoms with Gasteiger partial charge in [0.05, 0.1) is 7.11 Å². The van der Waals surface area contributed by atoms with Gasteiger partial charge < -0.3 is 15.0 Å². The van der Waals surface area contributed by atoms with E-state index >= 15 is 0 Å². The normalized spacial score (nSPS) is 19.7. The Hall–Kier alpha value is -1.59. The first-order chi connectivity index (χ1) is 8.72. The molecule has 0 saturated carbocycles. The molecule has 0 aromatic carbocycles. The molecule has 1 N–H and O–H groups in total. The van der Waals surface area contributed by atoms with Crippen molar-refractivity contribution in [3.05, 3.63) is 0 Å². The second kappa shape index (κ2) is 5.84. The molecule has 1 aliphatic rings. The summed E-state index contributed by atoms with van der Waals surface area (Å²) in [5.74, 6) is 1.98. The van der Waals surface area contributed by atoms with Crippen LogP contribution < -0.4 is 15.0 Å². The smallest absolute Gasteiger partial charge is 0.322 e. The Kier molecular flexibility index (Phi) is 4.17. The number of methoxy groups -OCH3 is 1. The van der Waals surface area contributed by atoms with Crippen LogP contribution in [-0.2, 0) is 0 Å². The monoisotopic (exact) mass is 251 g/mol. The van der Waals surface area contributed by atoms with Gasteiger partial charge in [0.2, 0.25) is 11.9 Å². The largest absolute Gasteiger partial charge is 0.467 e. The van der Waals surface area contributed by atoms with Gasteiger partial charge in [-0.1, -0.05) is 6.92 Å². The van der Waals surface area contributed by atoms with E-state index in [9.17, 15) is 0 Å². The highest BCUT2D eigenvalue weighted by Gasteiger charge is 2.20. The van der Waals surface area contributed by atoms with Crippen LogP contribution in [0.2, 0.25) is 0 Å². The fraction of sp³-hybridized carbons (Fsp3) is 0.750. The summed E-state index contributed by atoms with van der Waals surface area (Å²) in [5.41, 5.74) is 0. The Morgan fingerprint density at radius 2 is 2.22 bits per heavy atom. The third kappa shape index (κ3) is 3.00. The van der Waals surface area contributed by atoms with Crippen molar-refractivity contribution >= 4 is 11.9 Å². The zero-order valence-corrected chi connectivity index (χ0v) is 11.3. The molecular weight excluding hydrogens is 230 g/mol. The maximum Gasteiger partial charge on any atom is 0.322 e. The predicted octanol–water partition coefficient (Wildman–Crippen LogP) is 1.55. The zero-order chi connectivity index (χ0) is 13.0.